The van der Waals surface area contributed by atoms with Crippen molar-refractivity contribution in [2.75, 3.05) is 26.2 Å². The van der Waals surface area contributed by atoms with Crippen molar-refractivity contribution >= 4 is 6.03 Å². The summed E-state index contributed by atoms with van der Waals surface area (Å²) in [6.45, 7) is 3.81. The summed E-state index contributed by atoms with van der Waals surface area (Å²) in [5, 5.41) is 3.62. The molecule has 3 aliphatic rings. The highest BCUT2D eigenvalue weighted by Crippen LogP contribution is 2.21. The third-order valence-corrected chi connectivity index (χ3v) is 4.17. The highest BCUT2D eigenvalue weighted by molar-refractivity contribution is 5.74. The minimum absolute atomic E-state index is 0.284. The molecule has 0 saturated carbocycles. The van der Waals surface area contributed by atoms with Gasteiger partial charge in [-0.2, -0.15) is 0 Å². The number of nitrogens with one attached hydrogen (secondary N) is 1. The standard InChI is InChI=1S/C12H21N3O/c16-12(14-6-1-2-7-14)15-8-5-10-3-4-11(9-15)13-10/h10-11,13H,1-9H2. The van der Waals surface area contributed by atoms with E-state index in [1.807, 2.05) is 4.90 Å². The number of carbonyl (C=O) groups excluding carboxylic acids is 1. The summed E-state index contributed by atoms with van der Waals surface area (Å²) in [5.41, 5.74) is 0. The van der Waals surface area contributed by atoms with E-state index < -0.39 is 0 Å². The van der Waals surface area contributed by atoms with Gasteiger partial charge in [-0.25, -0.2) is 4.79 Å². The summed E-state index contributed by atoms with van der Waals surface area (Å²) in [5.74, 6) is 0. The number of nitrogens with zero attached hydrogens (tertiary/aromatic N) is 2. The molecule has 4 nitrogen and oxygen atoms in total. The molecule has 0 aliphatic carbocycles. The minimum atomic E-state index is 0.284. The van der Waals surface area contributed by atoms with Gasteiger partial charge in [-0.1, -0.05) is 0 Å². The zero-order valence-electron chi connectivity index (χ0n) is 9.82. The molecular weight excluding hydrogens is 202 g/mol. The number of rotatable bonds is 0. The molecule has 3 aliphatic heterocycles. The molecule has 2 unspecified atom stereocenters. The highest BCUT2D eigenvalue weighted by atomic mass is 16.2. The van der Waals surface area contributed by atoms with Crippen LogP contribution in [0.3, 0.4) is 0 Å². The Balaban J connectivity index is 1.63. The molecule has 0 spiro atoms. The second-order valence-electron chi connectivity index (χ2n) is 5.35. The van der Waals surface area contributed by atoms with Gasteiger partial charge in [0.15, 0.2) is 0 Å². The lowest BCUT2D eigenvalue weighted by Gasteiger charge is -2.29. The monoisotopic (exact) mass is 223 g/mol. The molecule has 2 atom stereocenters. The third kappa shape index (κ3) is 1.90. The summed E-state index contributed by atoms with van der Waals surface area (Å²) >= 11 is 0. The molecule has 16 heavy (non-hydrogen) atoms. The lowest BCUT2D eigenvalue weighted by atomic mass is 10.1. The zero-order valence-corrected chi connectivity index (χ0v) is 9.82. The van der Waals surface area contributed by atoms with Crippen LogP contribution in [0.2, 0.25) is 0 Å². The zero-order chi connectivity index (χ0) is 11.0. The molecule has 2 bridgehead atoms. The molecular formula is C12H21N3O. The highest BCUT2D eigenvalue weighted by Gasteiger charge is 2.33. The predicted molar refractivity (Wildman–Crippen MR) is 62.3 cm³/mol. The average molecular weight is 223 g/mol. The largest absolute Gasteiger partial charge is 0.325 e. The first-order chi connectivity index (χ1) is 7.83. The fraction of sp³-hybridized carbons (Fsp3) is 0.917. The number of carbonyl (C=O) groups is 1. The van der Waals surface area contributed by atoms with Crippen molar-refractivity contribution in [2.24, 2.45) is 0 Å². The summed E-state index contributed by atoms with van der Waals surface area (Å²) in [4.78, 5) is 16.4. The Hall–Kier alpha value is -0.770. The van der Waals surface area contributed by atoms with E-state index in [1.54, 1.807) is 0 Å². The second-order valence-corrected chi connectivity index (χ2v) is 5.35. The molecule has 3 saturated heterocycles. The first kappa shape index (κ1) is 10.4. The number of hydrogen-bond donors (Lipinski definition) is 1. The Kier molecular flexibility index (Phi) is 2.75. The van der Waals surface area contributed by atoms with Crippen molar-refractivity contribution in [3.63, 3.8) is 0 Å². The van der Waals surface area contributed by atoms with E-state index in [4.69, 9.17) is 0 Å². The molecule has 3 fully saturated rings. The summed E-state index contributed by atoms with van der Waals surface area (Å²) < 4.78 is 0. The fourth-order valence-electron chi connectivity index (χ4n) is 3.23. The number of amides is 2. The van der Waals surface area contributed by atoms with Crippen LogP contribution in [0.25, 0.3) is 0 Å². The van der Waals surface area contributed by atoms with Crippen LogP contribution in [0, 0.1) is 0 Å². The van der Waals surface area contributed by atoms with E-state index in [0.29, 0.717) is 12.1 Å². The molecule has 2 amide bonds. The van der Waals surface area contributed by atoms with Crippen LogP contribution in [0.15, 0.2) is 0 Å². The Morgan fingerprint density at radius 1 is 0.938 bits per heavy atom. The fourth-order valence-corrected chi connectivity index (χ4v) is 3.23. The Morgan fingerprint density at radius 2 is 1.69 bits per heavy atom. The van der Waals surface area contributed by atoms with Crippen LogP contribution in [0.5, 0.6) is 0 Å². The van der Waals surface area contributed by atoms with Gasteiger partial charge in [0.25, 0.3) is 0 Å². The van der Waals surface area contributed by atoms with E-state index >= 15 is 0 Å². The maximum Gasteiger partial charge on any atom is 0.320 e. The number of urea groups is 1. The van der Waals surface area contributed by atoms with Gasteiger partial charge in [0.05, 0.1) is 0 Å². The molecule has 4 heteroatoms. The minimum Gasteiger partial charge on any atom is -0.325 e. The van der Waals surface area contributed by atoms with Crippen molar-refractivity contribution in [2.45, 2.75) is 44.2 Å². The van der Waals surface area contributed by atoms with E-state index in [9.17, 15) is 4.79 Å². The van der Waals surface area contributed by atoms with E-state index in [0.717, 1.165) is 32.6 Å². The third-order valence-electron chi connectivity index (χ3n) is 4.17. The lowest BCUT2D eigenvalue weighted by molar-refractivity contribution is 0.160. The second kappa shape index (κ2) is 4.24. The van der Waals surface area contributed by atoms with Crippen molar-refractivity contribution in [3.8, 4) is 0 Å². The first-order valence-corrected chi connectivity index (χ1v) is 6.63. The summed E-state index contributed by atoms with van der Waals surface area (Å²) in [6, 6.07) is 1.51. The van der Waals surface area contributed by atoms with E-state index in [2.05, 4.69) is 10.2 Å². The molecule has 0 aromatic rings. The van der Waals surface area contributed by atoms with Crippen molar-refractivity contribution in [1.29, 1.82) is 0 Å². The van der Waals surface area contributed by atoms with Gasteiger partial charge >= 0.3 is 6.03 Å². The van der Waals surface area contributed by atoms with Gasteiger partial charge in [0, 0.05) is 38.3 Å². The summed E-state index contributed by atoms with van der Waals surface area (Å²) in [7, 11) is 0. The quantitative estimate of drug-likeness (QED) is 0.666. The average Bonchev–Trinajstić information content (AvgIpc) is 2.87. The van der Waals surface area contributed by atoms with Crippen LogP contribution in [0.1, 0.15) is 32.1 Å². The van der Waals surface area contributed by atoms with Gasteiger partial charge in [-0.05, 0) is 32.1 Å². The smallest absolute Gasteiger partial charge is 0.320 e. The predicted octanol–water partition coefficient (Wildman–Crippen LogP) is 1.03. The van der Waals surface area contributed by atoms with Gasteiger partial charge < -0.3 is 15.1 Å². The molecule has 0 radical (unpaired) electrons. The number of likely N-dealkylation sites (tertiary alicyclic amines) is 2. The SMILES string of the molecule is O=C(N1CCCC1)N1CCC2CCC(C1)N2. The van der Waals surface area contributed by atoms with Crippen LogP contribution in [-0.2, 0) is 0 Å². The van der Waals surface area contributed by atoms with Crippen LogP contribution >= 0.6 is 0 Å². The normalized spacial score (nSPS) is 34.2. The van der Waals surface area contributed by atoms with Gasteiger partial charge in [-0.15, -0.1) is 0 Å². The van der Waals surface area contributed by atoms with Crippen molar-refractivity contribution in [1.82, 2.24) is 15.1 Å². The summed E-state index contributed by atoms with van der Waals surface area (Å²) in [6.07, 6.45) is 6.05. The lowest BCUT2D eigenvalue weighted by Crippen LogP contribution is -2.45. The van der Waals surface area contributed by atoms with Crippen LogP contribution in [0.4, 0.5) is 4.79 Å². The van der Waals surface area contributed by atoms with Gasteiger partial charge in [-0.3, -0.25) is 0 Å². The molecule has 1 N–H and O–H groups in total. The maximum absolute atomic E-state index is 12.3. The van der Waals surface area contributed by atoms with Crippen molar-refractivity contribution in [3.05, 3.63) is 0 Å². The molecule has 0 aromatic heterocycles. The Bertz CT molecular complexity index is 275. The first-order valence-electron chi connectivity index (χ1n) is 6.63. The Labute approximate surface area is 97.0 Å². The topological polar surface area (TPSA) is 35.6 Å². The Morgan fingerprint density at radius 3 is 2.50 bits per heavy atom. The maximum atomic E-state index is 12.3. The van der Waals surface area contributed by atoms with Crippen LogP contribution < -0.4 is 5.32 Å². The van der Waals surface area contributed by atoms with Gasteiger partial charge in [0.1, 0.15) is 0 Å². The number of hydrogen-bond acceptors (Lipinski definition) is 2. The van der Waals surface area contributed by atoms with Crippen LogP contribution in [-0.4, -0.2) is 54.1 Å². The molecule has 0 aromatic carbocycles. The van der Waals surface area contributed by atoms with E-state index in [-0.39, 0.29) is 6.03 Å². The number of fused-ring (bicyclic) bond motifs is 2. The molecule has 90 valence electrons. The van der Waals surface area contributed by atoms with E-state index in [1.165, 1.54) is 25.7 Å². The molecule has 3 rings (SSSR count). The van der Waals surface area contributed by atoms with Crippen molar-refractivity contribution < 1.29 is 4.79 Å². The van der Waals surface area contributed by atoms with Gasteiger partial charge in [0.2, 0.25) is 0 Å². The molecule has 3 heterocycles.